The van der Waals surface area contributed by atoms with E-state index < -0.39 is 0 Å². The zero-order valence-corrected chi connectivity index (χ0v) is 12.1. The number of carbonyl (C=O) groups excluding carboxylic acids is 1. The second-order valence-corrected chi connectivity index (χ2v) is 5.90. The van der Waals surface area contributed by atoms with Crippen LogP contribution in [0.4, 0.5) is 0 Å². The Kier molecular flexibility index (Phi) is 6.65. The summed E-state index contributed by atoms with van der Waals surface area (Å²) in [5, 5.41) is 6.18. The van der Waals surface area contributed by atoms with Gasteiger partial charge < -0.3 is 15.4 Å². The second kappa shape index (κ2) is 7.74. The highest BCUT2D eigenvalue weighted by atomic mass is 16.5. The van der Waals surface area contributed by atoms with E-state index in [1.54, 1.807) is 0 Å². The predicted octanol–water partition coefficient (Wildman–Crippen LogP) is 1.70. The van der Waals surface area contributed by atoms with Gasteiger partial charge in [-0.3, -0.25) is 4.79 Å². The van der Waals surface area contributed by atoms with Gasteiger partial charge >= 0.3 is 0 Å². The van der Waals surface area contributed by atoms with E-state index in [1.165, 1.54) is 19.3 Å². The van der Waals surface area contributed by atoms with Crippen molar-refractivity contribution in [2.24, 2.45) is 5.41 Å². The molecule has 0 aromatic carbocycles. The van der Waals surface area contributed by atoms with Gasteiger partial charge in [0.25, 0.3) is 0 Å². The van der Waals surface area contributed by atoms with E-state index in [0.29, 0.717) is 13.2 Å². The quantitative estimate of drug-likeness (QED) is 0.682. The molecular weight excluding hydrogens is 228 g/mol. The molecular formula is C14H28N2O2. The SMILES string of the molecule is CCCCCC(C)(C)CNC(=O)C1CNCCO1. The van der Waals surface area contributed by atoms with Crippen LogP contribution in [-0.4, -0.2) is 38.3 Å². The lowest BCUT2D eigenvalue weighted by Crippen LogP contribution is -2.49. The lowest BCUT2D eigenvalue weighted by molar-refractivity contribution is -0.134. The molecule has 0 radical (unpaired) electrons. The van der Waals surface area contributed by atoms with Crippen LogP contribution in [0.3, 0.4) is 0 Å². The summed E-state index contributed by atoms with van der Waals surface area (Å²) in [6, 6.07) is 0. The smallest absolute Gasteiger partial charge is 0.250 e. The average Bonchev–Trinajstić information content (AvgIpc) is 2.37. The fourth-order valence-corrected chi connectivity index (χ4v) is 2.12. The third kappa shape index (κ3) is 5.83. The Labute approximate surface area is 111 Å². The molecule has 1 aliphatic rings. The van der Waals surface area contributed by atoms with Crippen molar-refractivity contribution < 1.29 is 9.53 Å². The number of hydrogen-bond acceptors (Lipinski definition) is 3. The molecule has 0 aromatic heterocycles. The first-order chi connectivity index (χ1) is 8.55. The molecule has 1 heterocycles. The molecule has 0 aliphatic carbocycles. The fraction of sp³-hybridized carbons (Fsp3) is 0.929. The van der Waals surface area contributed by atoms with Gasteiger partial charge in [0.1, 0.15) is 6.10 Å². The van der Waals surface area contributed by atoms with Gasteiger partial charge in [-0.1, -0.05) is 40.0 Å². The zero-order chi connectivity index (χ0) is 13.4. The topological polar surface area (TPSA) is 50.4 Å². The number of morpholine rings is 1. The number of amides is 1. The summed E-state index contributed by atoms with van der Waals surface area (Å²) in [5.41, 5.74) is 0.174. The molecule has 1 saturated heterocycles. The van der Waals surface area contributed by atoms with Gasteiger partial charge in [-0.2, -0.15) is 0 Å². The van der Waals surface area contributed by atoms with E-state index in [4.69, 9.17) is 4.74 Å². The van der Waals surface area contributed by atoms with Gasteiger partial charge in [0.2, 0.25) is 5.91 Å². The van der Waals surface area contributed by atoms with Crippen LogP contribution in [0.15, 0.2) is 0 Å². The largest absolute Gasteiger partial charge is 0.366 e. The van der Waals surface area contributed by atoms with Crippen molar-refractivity contribution in [2.75, 3.05) is 26.2 Å². The van der Waals surface area contributed by atoms with E-state index in [9.17, 15) is 4.79 Å². The van der Waals surface area contributed by atoms with Crippen molar-refractivity contribution in [3.05, 3.63) is 0 Å². The number of rotatable bonds is 7. The van der Waals surface area contributed by atoms with Crippen molar-refractivity contribution >= 4 is 5.91 Å². The minimum Gasteiger partial charge on any atom is -0.366 e. The van der Waals surface area contributed by atoms with E-state index in [-0.39, 0.29) is 17.4 Å². The summed E-state index contributed by atoms with van der Waals surface area (Å²) in [5.74, 6) is 0.0192. The van der Waals surface area contributed by atoms with E-state index in [2.05, 4.69) is 31.4 Å². The maximum absolute atomic E-state index is 11.9. The molecule has 106 valence electrons. The first kappa shape index (κ1) is 15.4. The molecule has 1 fully saturated rings. The molecule has 0 saturated carbocycles. The molecule has 0 spiro atoms. The van der Waals surface area contributed by atoms with Gasteiger partial charge in [-0.05, 0) is 11.8 Å². The summed E-state index contributed by atoms with van der Waals surface area (Å²) in [6.45, 7) is 9.45. The first-order valence-electron chi connectivity index (χ1n) is 7.15. The Balaban J connectivity index is 2.23. The molecule has 0 aromatic rings. The summed E-state index contributed by atoms with van der Waals surface area (Å²) in [7, 11) is 0. The Morgan fingerprint density at radius 2 is 2.22 bits per heavy atom. The van der Waals surface area contributed by atoms with Crippen LogP contribution in [0.5, 0.6) is 0 Å². The van der Waals surface area contributed by atoms with Crippen LogP contribution < -0.4 is 10.6 Å². The molecule has 2 N–H and O–H groups in total. The minimum atomic E-state index is -0.315. The number of carbonyl (C=O) groups is 1. The van der Waals surface area contributed by atoms with Gasteiger partial charge in [0, 0.05) is 19.6 Å². The lowest BCUT2D eigenvalue weighted by Gasteiger charge is -2.28. The number of ether oxygens (including phenoxy) is 1. The summed E-state index contributed by atoms with van der Waals surface area (Å²) in [4.78, 5) is 11.9. The molecule has 1 unspecified atom stereocenters. The summed E-state index contributed by atoms with van der Waals surface area (Å²) in [6.07, 6.45) is 4.59. The van der Waals surface area contributed by atoms with Crippen molar-refractivity contribution in [1.82, 2.24) is 10.6 Å². The van der Waals surface area contributed by atoms with Crippen LogP contribution in [-0.2, 0) is 9.53 Å². The Morgan fingerprint density at radius 1 is 1.44 bits per heavy atom. The normalized spacial score (nSPS) is 20.7. The van der Waals surface area contributed by atoms with Crippen LogP contribution >= 0.6 is 0 Å². The molecule has 4 nitrogen and oxygen atoms in total. The van der Waals surface area contributed by atoms with Crippen molar-refractivity contribution in [2.45, 2.75) is 52.6 Å². The third-order valence-electron chi connectivity index (χ3n) is 3.42. The molecule has 1 atom stereocenters. The highest BCUT2D eigenvalue weighted by Crippen LogP contribution is 2.22. The number of nitrogens with one attached hydrogen (secondary N) is 2. The maximum Gasteiger partial charge on any atom is 0.250 e. The Bertz CT molecular complexity index is 248. The summed E-state index contributed by atoms with van der Waals surface area (Å²) >= 11 is 0. The van der Waals surface area contributed by atoms with Gasteiger partial charge in [0.05, 0.1) is 6.61 Å². The molecule has 1 aliphatic heterocycles. The van der Waals surface area contributed by atoms with Crippen molar-refractivity contribution in [3.8, 4) is 0 Å². The molecule has 1 amide bonds. The van der Waals surface area contributed by atoms with Crippen LogP contribution in [0, 0.1) is 5.41 Å². The number of hydrogen-bond donors (Lipinski definition) is 2. The number of unbranched alkanes of at least 4 members (excludes halogenated alkanes) is 2. The van der Waals surface area contributed by atoms with E-state index in [1.807, 2.05) is 0 Å². The predicted molar refractivity (Wildman–Crippen MR) is 73.5 cm³/mol. The molecule has 0 bridgehead atoms. The lowest BCUT2D eigenvalue weighted by atomic mass is 9.87. The molecule has 4 heteroatoms. The monoisotopic (exact) mass is 256 g/mol. The van der Waals surface area contributed by atoms with Crippen LogP contribution in [0.1, 0.15) is 46.5 Å². The standard InChI is InChI=1S/C14H28N2O2/c1-4-5-6-7-14(2,3)11-16-13(17)12-10-15-8-9-18-12/h12,15H,4-11H2,1-3H3,(H,16,17). The second-order valence-electron chi connectivity index (χ2n) is 5.90. The maximum atomic E-state index is 11.9. The summed E-state index contributed by atoms with van der Waals surface area (Å²) < 4.78 is 5.43. The van der Waals surface area contributed by atoms with Gasteiger partial charge in [0.15, 0.2) is 0 Å². The highest BCUT2D eigenvalue weighted by molar-refractivity contribution is 5.81. The molecule has 1 rings (SSSR count). The minimum absolute atomic E-state index is 0.0192. The Morgan fingerprint density at radius 3 is 2.83 bits per heavy atom. The van der Waals surface area contributed by atoms with Crippen molar-refractivity contribution in [3.63, 3.8) is 0 Å². The average molecular weight is 256 g/mol. The third-order valence-corrected chi connectivity index (χ3v) is 3.42. The zero-order valence-electron chi connectivity index (χ0n) is 12.1. The van der Waals surface area contributed by atoms with Crippen LogP contribution in [0.25, 0.3) is 0 Å². The van der Waals surface area contributed by atoms with Gasteiger partial charge in [-0.25, -0.2) is 0 Å². The van der Waals surface area contributed by atoms with E-state index >= 15 is 0 Å². The van der Waals surface area contributed by atoms with Crippen LogP contribution in [0.2, 0.25) is 0 Å². The Hall–Kier alpha value is -0.610. The first-order valence-corrected chi connectivity index (χ1v) is 7.15. The van der Waals surface area contributed by atoms with Gasteiger partial charge in [-0.15, -0.1) is 0 Å². The van der Waals surface area contributed by atoms with Crippen molar-refractivity contribution in [1.29, 1.82) is 0 Å². The van der Waals surface area contributed by atoms with E-state index in [0.717, 1.165) is 19.5 Å². The molecule has 18 heavy (non-hydrogen) atoms. The fourth-order valence-electron chi connectivity index (χ4n) is 2.12. The highest BCUT2D eigenvalue weighted by Gasteiger charge is 2.24.